The second-order valence-corrected chi connectivity index (χ2v) is 12.1. The maximum atomic E-state index is 12.5. The average Bonchev–Trinajstić information content (AvgIpc) is 3.64. The van der Waals surface area contributed by atoms with E-state index in [0.717, 1.165) is 25.7 Å². The SMILES string of the molecule is CC1(S(=O)(=O)NC(=O)[C@H]2C[C@H]2/C=C\CCCCC[C@H](N)C(=O)N2C[C@H](O)C[C@H]2C(N)=O)CC1. The van der Waals surface area contributed by atoms with Gasteiger partial charge in [-0.05, 0) is 51.4 Å². The van der Waals surface area contributed by atoms with Gasteiger partial charge < -0.3 is 21.5 Å². The molecular weight excluding hydrogens is 448 g/mol. The van der Waals surface area contributed by atoms with Gasteiger partial charge in [0.05, 0.1) is 16.9 Å². The molecule has 0 aromatic rings. The van der Waals surface area contributed by atoms with Crippen molar-refractivity contribution in [2.45, 2.75) is 87.6 Å². The number of nitrogens with two attached hydrogens (primary N) is 2. The van der Waals surface area contributed by atoms with Crippen LogP contribution in [0, 0.1) is 11.8 Å². The number of carbonyl (C=O) groups excluding carboxylic acids is 3. The van der Waals surface area contributed by atoms with E-state index in [4.69, 9.17) is 11.5 Å². The number of nitrogens with zero attached hydrogens (tertiary/aromatic N) is 1. The predicted molar refractivity (Wildman–Crippen MR) is 122 cm³/mol. The molecule has 33 heavy (non-hydrogen) atoms. The Morgan fingerprint density at radius 2 is 1.91 bits per heavy atom. The molecule has 3 aliphatic rings. The first kappa shape index (κ1) is 25.6. The summed E-state index contributed by atoms with van der Waals surface area (Å²) in [5.74, 6) is -1.57. The van der Waals surface area contributed by atoms with Gasteiger partial charge in [-0.3, -0.25) is 19.1 Å². The van der Waals surface area contributed by atoms with Crippen LogP contribution < -0.4 is 16.2 Å². The van der Waals surface area contributed by atoms with Crippen LogP contribution in [0.5, 0.6) is 0 Å². The van der Waals surface area contributed by atoms with Gasteiger partial charge in [-0.15, -0.1) is 0 Å². The van der Waals surface area contributed by atoms with Crippen molar-refractivity contribution in [3.8, 4) is 0 Å². The van der Waals surface area contributed by atoms with Crippen LogP contribution in [0.3, 0.4) is 0 Å². The van der Waals surface area contributed by atoms with Crippen LogP contribution in [0.1, 0.15) is 64.7 Å². The van der Waals surface area contributed by atoms with E-state index in [2.05, 4.69) is 4.72 Å². The summed E-state index contributed by atoms with van der Waals surface area (Å²) in [6.45, 7) is 1.74. The lowest BCUT2D eigenvalue weighted by molar-refractivity contribution is -0.138. The topological polar surface area (TPSA) is 173 Å². The third-order valence-electron chi connectivity index (χ3n) is 6.99. The van der Waals surface area contributed by atoms with Crippen molar-refractivity contribution in [1.82, 2.24) is 9.62 Å². The van der Waals surface area contributed by atoms with E-state index in [1.165, 1.54) is 4.90 Å². The normalized spacial score (nSPS) is 29.1. The Hall–Kier alpha value is -1.98. The molecule has 5 atom stereocenters. The van der Waals surface area contributed by atoms with Crippen molar-refractivity contribution < 1.29 is 27.9 Å². The van der Waals surface area contributed by atoms with E-state index in [1.54, 1.807) is 6.92 Å². The molecule has 2 aliphatic carbocycles. The molecule has 186 valence electrons. The minimum absolute atomic E-state index is 0.0797. The Bertz CT molecular complexity index is 901. The molecule has 11 heteroatoms. The zero-order valence-electron chi connectivity index (χ0n) is 19.1. The van der Waals surface area contributed by atoms with Gasteiger partial charge in [0, 0.05) is 18.9 Å². The number of aliphatic hydroxyl groups excluding tert-OH is 1. The highest BCUT2D eigenvalue weighted by atomic mass is 32.2. The zero-order chi connectivity index (χ0) is 24.4. The van der Waals surface area contributed by atoms with Crippen LogP contribution in [0.4, 0.5) is 0 Å². The van der Waals surface area contributed by atoms with Crippen molar-refractivity contribution in [3.63, 3.8) is 0 Å². The Labute approximate surface area is 195 Å². The third kappa shape index (κ3) is 6.33. The highest BCUT2D eigenvalue weighted by Gasteiger charge is 2.52. The largest absolute Gasteiger partial charge is 0.391 e. The number of hydrogen-bond donors (Lipinski definition) is 4. The summed E-state index contributed by atoms with van der Waals surface area (Å²) in [7, 11) is -3.57. The smallest absolute Gasteiger partial charge is 0.240 e. The Morgan fingerprint density at radius 3 is 2.55 bits per heavy atom. The van der Waals surface area contributed by atoms with Crippen LogP contribution in [0.2, 0.25) is 0 Å². The molecule has 0 spiro atoms. The summed E-state index contributed by atoms with van der Waals surface area (Å²) in [4.78, 5) is 37.4. The lowest BCUT2D eigenvalue weighted by atomic mass is 10.1. The molecule has 3 amide bonds. The van der Waals surface area contributed by atoms with E-state index >= 15 is 0 Å². The fourth-order valence-electron chi connectivity index (χ4n) is 4.24. The summed E-state index contributed by atoms with van der Waals surface area (Å²) < 4.78 is 25.7. The van der Waals surface area contributed by atoms with Crippen molar-refractivity contribution in [3.05, 3.63) is 12.2 Å². The number of allylic oxidation sites excluding steroid dienone is 2. The van der Waals surface area contributed by atoms with Crippen molar-refractivity contribution >= 4 is 27.7 Å². The average molecular weight is 485 g/mol. The second-order valence-electron chi connectivity index (χ2n) is 9.90. The number of sulfonamides is 1. The molecular formula is C22H36N4O6S. The van der Waals surface area contributed by atoms with E-state index in [0.29, 0.717) is 25.7 Å². The molecule has 2 saturated carbocycles. The molecule has 0 bridgehead atoms. The molecule has 3 fully saturated rings. The molecule has 1 aliphatic heterocycles. The summed E-state index contributed by atoms with van der Waals surface area (Å²) in [5, 5.41) is 9.72. The third-order valence-corrected chi connectivity index (χ3v) is 9.17. The molecule has 10 nitrogen and oxygen atoms in total. The number of likely N-dealkylation sites (tertiary alicyclic amines) is 1. The number of primary amides is 1. The predicted octanol–water partition coefficient (Wildman–Crippen LogP) is -0.0979. The number of carbonyl (C=O) groups is 3. The minimum Gasteiger partial charge on any atom is -0.391 e. The molecule has 0 radical (unpaired) electrons. The fourth-order valence-corrected chi connectivity index (χ4v) is 5.54. The highest BCUT2D eigenvalue weighted by molar-refractivity contribution is 7.91. The number of hydrogen-bond acceptors (Lipinski definition) is 7. The van der Waals surface area contributed by atoms with Gasteiger partial charge in [0.15, 0.2) is 0 Å². The van der Waals surface area contributed by atoms with Gasteiger partial charge in [-0.2, -0.15) is 0 Å². The lowest BCUT2D eigenvalue weighted by Crippen LogP contribution is -2.50. The van der Waals surface area contributed by atoms with Gasteiger partial charge >= 0.3 is 0 Å². The van der Waals surface area contributed by atoms with Crippen LogP contribution in [-0.4, -0.2) is 65.6 Å². The number of nitrogens with one attached hydrogen (secondary N) is 1. The number of β-amino-alcohol motifs (C(OH)–C–C–N with tert-alkyl or cyclic N) is 1. The first-order valence-corrected chi connectivity index (χ1v) is 13.2. The molecule has 0 unspecified atom stereocenters. The summed E-state index contributed by atoms with van der Waals surface area (Å²) >= 11 is 0. The van der Waals surface area contributed by atoms with Crippen LogP contribution in [0.15, 0.2) is 12.2 Å². The second kappa shape index (κ2) is 10.1. The number of aliphatic hydroxyl groups is 1. The lowest BCUT2D eigenvalue weighted by Gasteiger charge is -2.25. The quantitative estimate of drug-likeness (QED) is 0.221. The van der Waals surface area contributed by atoms with Gasteiger partial charge in [-0.1, -0.05) is 25.0 Å². The van der Waals surface area contributed by atoms with E-state index in [-0.39, 0.29) is 30.7 Å². The summed E-state index contributed by atoms with van der Waals surface area (Å²) in [6.07, 6.45) is 9.09. The molecule has 6 N–H and O–H groups in total. The highest BCUT2D eigenvalue weighted by Crippen LogP contribution is 2.44. The zero-order valence-corrected chi connectivity index (χ0v) is 19.9. The Balaban J connectivity index is 1.28. The van der Waals surface area contributed by atoms with Gasteiger partial charge in [-0.25, -0.2) is 8.42 Å². The van der Waals surface area contributed by atoms with E-state index < -0.39 is 44.8 Å². The van der Waals surface area contributed by atoms with Crippen molar-refractivity contribution in [2.75, 3.05) is 6.54 Å². The maximum Gasteiger partial charge on any atom is 0.240 e. The van der Waals surface area contributed by atoms with Gasteiger partial charge in [0.1, 0.15) is 6.04 Å². The summed E-state index contributed by atoms with van der Waals surface area (Å²) in [5.41, 5.74) is 11.3. The number of rotatable bonds is 12. The maximum absolute atomic E-state index is 12.5. The van der Waals surface area contributed by atoms with Crippen LogP contribution in [0.25, 0.3) is 0 Å². The van der Waals surface area contributed by atoms with Crippen LogP contribution in [-0.2, 0) is 24.4 Å². The molecule has 1 saturated heterocycles. The van der Waals surface area contributed by atoms with E-state index in [1.807, 2.05) is 12.2 Å². The Morgan fingerprint density at radius 1 is 1.21 bits per heavy atom. The fraction of sp³-hybridized carbons (Fsp3) is 0.773. The van der Waals surface area contributed by atoms with E-state index in [9.17, 15) is 27.9 Å². The molecule has 0 aromatic heterocycles. The molecule has 1 heterocycles. The van der Waals surface area contributed by atoms with Crippen LogP contribution >= 0.6 is 0 Å². The van der Waals surface area contributed by atoms with Crippen molar-refractivity contribution in [2.24, 2.45) is 23.3 Å². The van der Waals surface area contributed by atoms with Gasteiger partial charge in [0.25, 0.3) is 0 Å². The van der Waals surface area contributed by atoms with Gasteiger partial charge in [0.2, 0.25) is 27.7 Å². The summed E-state index contributed by atoms with van der Waals surface area (Å²) in [6, 6.07) is -1.53. The first-order chi connectivity index (χ1) is 15.4. The minimum atomic E-state index is -3.57. The first-order valence-electron chi connectivity index (χ1n) is 11.7. The molecule has 3 rings (SSSR count). The monoisotopic (exact) mass is 484 g/mol. The van der Waals surface area contributed by atoms with Crippen molar-refractivity contribution in [1.29, 1.82) is 0 Å². The number of amides is 3. The number of unbranched alkanes of at least 4 members (excludes halogenated alkanes) is 3. The Kier molecular flexibility index (Phi) is 7.85. The standard InChI is InChI=1S/C22H36N4O6S/c1-22(9-10-22)33(31,32)25-20(29)16-11-14(16)7-5-3-2-4-6-8-17(23)21(30)26-13-15(27)12-18(26)19(24)28/h5,7,14-18,27H,2-4,6,8-13,23H2,1H3,(H2,24,28)(H,25,29)/b7-5-/t14-,15-,16+,17+,18+/m1/s1. The molecule has 0 aromatic carbocycles.